The first-order valence-corrected chi connectivity index (χ1v) is 6.35. The summed E-state index contributed by atoms with van der Waals surface area (Å²) in [5, 5.41) is 0. The Hall–Kier alpha value is -0.330. The number of hydrogen-bond acceptors (Lipinski definition) is 1. The fraction of sp³-hybridized carbons (Fsp3) is 0.333. The van der Waals surface area contributed by atoms with Crippen molar-refractivity contribution >= 4 is 34.4 Å². The van der Waals surface area contributed by atoms with Crippen LogP contribution in [0.15, 0.2) is 17.0 Å². The van der Waals surface area contributed by atoms with Crippen LogP contribution in [0.3, 0.4) is 0 Å². The summed E-state index contributed by atoms with van der Waals surface area (Å²) in [6.45, 7) is 0. The molecule has 11 heteroatoms. The molecule has 0 amide bonds. The lowest BCUT2D eigenvalue weighted by Crippen LogP contribution is -2.15. The van der Waals surface area contributed by atoms with Crippen molar-refractivity contribution in [3.05, 3.63) is 26.8 Å². The van der Waals surface area contributed by atoms with E-state index in [0.29, 0.717) is 0 Å². The van der Waals surface area contributed by atoms with Crippen molar-refractivity contribution < 1.29 is 39.5 Å². The SMILES string of the molecule is FC(F)(F)Sc1cc(I)c(C(F)(F)F)cc1C(F)(F)F. The zero-order chi connectivity index (χ0) is 15.9. The molecule has 0 radical (unpaired) electrons. The molecule has 1 aromatic rings. The molecule has 0 aliphatic rings. The van der Waals surface area contributed by atoms with Gasteiger partial charge in [0.25, 0.3) is 0 Å². The van der Waals surface area contributed by atoms with Crippen LogP contribution in [0.4, 0.5) is 39.5 Å². The highest BCUT2D eigenvalue weighted by Crippen LogP contribution is 2.46. The minimum atomic E-state index is -5.32. The molecule has 0 heterocycles. The lowest BCUT2D eigenvalue weighted by molar-refractivity contribution is -0.144. The first-order valence-electron chi connectivity index (χ1n) is 4.45. The first-order chi connectivity index (χ1) is 8.72. The molecule has 0 atom stereocenters. The van der Waals surface area contributed by atoms with Crippen molar-refractivity contribution in [3.8, 4) is 0 Å². The third-order valence-electron chi connectivity index (χ3n) is 1.91. The van der Waals surface area contributed by atoms with E-state index in [1.165, 1.54) is 0 Å². The fourth-order valence-corrected chi connectivity index (χ4v) is 2.90. The van der Waals surface area contributed by atoms with Crippen LogP contribution < -0.4 is 0 Å². The molecule has 0 aromatic heterocycles. The zero-order valence-corrected chi connectivity index (χ0v) is 11.8. The Bertz CT molecular complexity index is 500. The highest BCUT2D eigenvalue weighted by Gasteiger charge is 2.42. The molecule has 1 aromatic carbocycles. The van der Waals surface area contributed by atoms with E-state index in [2.05, 4.69) is 0 Å². The number of halogens is 10. The highest BCUT2D eigenvalue weighted by atomic mass is 127. The van der Waals surface area contributed by atoms with E-state index in [-0.39, 0.29) is 12.1 Å². The summed E-state index contributed by atoms with van der Waals surface area (Å²) in [6.07, 6.45) is -10.4. The summed E-state index contributed by atoms with van der Waals surface area (Å²) in [7, 11) is 0. The Morgan fingerprint density at radius 3 is 1.55 bits per heavy atom. The first kappa shape index (κ1) is 17.7. The average Bonchev–Trinajstić information content (AvgIpc) is 2.09. The van der Waals surface area contributed by atoms with Crippen LogP contribution in [0.5, 0.6) is 0 Å². The molecule has 0 bridgehead atoms. The van der Waals surface area contributed by atoms with Crippen LogP contribution in [0, 0.1) is 3.57 Å². The molecule has 1 rings (SSSR count). The van der Waals surface area contributed by atoms with Crippen LogP contribution in [0.25, 0.3) is 0 Å². The van der Waals surface area contributed by atoms with Crippen molar-refractivity contribution in [2.45, 2.75) is 22.8 Å². The van der Waals surface area contributed by atoms with Crippen LogP contribution in [-0.4, -0.2) is 5.51 Å². The second-order valence-electron chi connectivity index (χ2n) is 3.37. The third kappa shape index (κ3) is 4.60. The molecule has 0 nitrogen and oxygen atoms in total. The monoisotopic (exact) mass is 440 g/mol. The van der Waals surface area contributed by atoms with Gasteiger partial charge in [0.2, 0.25) is 0 Å². The summed E-state index contributed by atoms with van der Waals surface area (Å²) >= 11 is -0.0648. The maximum Gasteiger partial charge on any atom is 0.446 e. The molecule has 114 valence electrons. The summed E-state index contributed by atoms with van der Waals surface area (Å²) in [6, 6.07) is -0.0831. The Morgan fingerprint density at radius 1 is 0.750 bits per heavy atom. The Balaban J connectivity index is 3.50. The van der Waals surface area contributed by atoms with Gasteiger partial charge in [-0.2, -0.15) is 39.5 Å². The molecule has 0 unspecified atom stereocenters. The second-order valence-corrected chi connectivity index (χ2v) is 5.64. The number of thioether (sulfide) groups is 1. The maximum atomic E-state index is 12.6. The minimum absolute atomic E-state index is 0.227. The normalized spacial score (nSPS) is 13.7. The van der Waals surface area contributed by atoms with Gasteiger partial charge in [0, 0.05) is 8.47 Å². The Morgan fingerprint density at radius 2 is 1.20 bits per heavy atom. The molecule has 0 saturated heterocycles. The van der Waals surface area contributed by atoms with Crippen LogP contribution >= 0.6 is 34.4 Å². The van der Waals surface area contributed by atoms with Gasteiger partial charge in [0.1, 0.15) is 0 Å². The second kappa shape index (κ2) is 5.46. The van der Waals surface area contributed by atoms with Crippen molar-refractivity contribution in [2.24, 2.45) is 0 Å². The lowest BCUT2D eigenvalue weighted by Gasteiger charge is -2.17. The third-order valence-corrected chi connectivity index (χ3v) is 3.59. The van der Waals surface area contributed by atoms with E-state index in [4.69, 9.17) is 0 Å². The van der Waals surface area contributed by atoms with Crippen LogP contribution in [0.2, 0.25) is 0 Å². The summed E-state index contributed by atoms with van der Waals surface area (Å²) in [5.74, 6) is 0. The van der Waals surface area contributed by atoms with E-state index in [9.17, 15) is 39.5 Å². The van der Waals surface area contributed by atoms with E-state index in [1.54, 1.807) is 0 Å². The van der Waals surface area contributed by atoms with Gasteiger partial charge >= 0.3 is 17.9 Å². The smallest absolute Gasteiger partial charge is 0.166 e. The van der Waals surface area contributed by atoms with Crippen molar-refractivity contribution in [1.29, 1.82) is 0 Å². The molecular weight excluding hydrogens is 438 g/mol. The predicted octanol–water partition coefficient (Wildman–Crippen LogP) is 5.94. The molecular formula is C9H2F9IS. The molecule has 0 N–H and O–H groups in total. The lowest BCUT2D eigenvalue weighted by atomic mass is 10.1. The highest BCUT2D eigenvalue weighted by molar-refractivity contribution is 14.1. The number of rotatable bonds is 1. The minimum Gasteiger partial charge on any atom is -0.166 e. The molecule has 0 fully saturated rings. The van der Waals surface area contributed by atoms with Gasteiger partial charge in [-0.15, -0.1) is 0 Å². The van der Waals surface area contributed by atoms with Crippen molar-refractivity contribution in [2.75, 3.05) is 0 Å². The van der Waals surface area contributed by atoms with Gasteiger partial charge in [-0.25, -0.2) is 0 Å². The van der Waals surface area contributed by atoms with Gasteiger partial charge < -0.3 is 0 Å². The molecule has 20 heavy (non-hydrogen) atoms. The summed E-state index contributed by atoms with van der Waals surface area (Å²) in [5.41, 5.74) is -8.63. The van der Waals surface area contributed by atoms with Crippen LogP contribution in [0.1, 0.15) is 11.1 Å². The maximum absolute atomic E-state index is 12.6. The Kier molecular flexibility index (Phi) is 4.84. The predicted molar refractivity (Wildman–Crippen MR) is 61.1 cm³/mol. The molecule has 0 aliphatic carbocycles. The zero-order valence-electron chi connectivity index (χ0n) is 8.84. The van der Waals surface area contributed by atoms with E-state index in [1.807, 2.05) is 0 Å². The molecule has 0 saturated carbocycles. The van der Waals surface area contributed by atoms with E-state index >= 15 is 0 Å². The van der Waals surface area contributed by atoms with Gasteiger partial charge in [-0.1, -0.05) is 0 Å². The van der Waals surface area contributed by atoms with E-state index < -0.39 is 49.2 Å². The van der Waals surface area contributed by atoms with Crippen molar-refractivity contribution in [1.82, 2.24) is 0 Å². The number of benzene rings is 1. The van der Waals surface area contributed by atoms with Crippen LogP contribution in [-0.2, 0) is 12.4 Å². The largest absolute Gasteiger partial charge is 0.446 e. The quantitative estimate of drug-likeness (QED) is 0.296. The average molecular weight is 440 g/mol. The van der Waals surface area contributed by atoms with Gasteiger partial charge in [-0.05, 0) is 46.5 Å². The fourth-order valence-electron chi connectivity index (χ4n) is 1.20. The van der Waals surface area contributed by atoms with Gasteiger partial charge in [0.05, 0.1) is 11.1 Å². The Labute approximate surface area is 123 Å². The number of hydrogen-bond donors (Lipinski definition) is 0. The molecule has 0 aliphatic heterocycles. The van der Waals surface area contributed by atoms with Crippen molar-refractivity contribution in [3.63, 3.8) is 0 Å². The standard InChI is InChI=1S/C9H2F9IS/c10-7(11,12)3-1-4(8(13,14)15)6(2-5(3)19)20-9(16,17)18/h1-2H. The van der Waals surface area contributed by atoms with Gasteiger partial charge in [-0.3, -0.25) is 0 Å². The van der Waals surface area contributed by atoms with Gasteiger partial charge in [0.15, 0.2) is 0 Å². The molecule has 0 spiro atoms. The topological polar surface area (TPSA) is 0 Å². The number of alkyl halides is 9. The summed E-state index contributed by atoms with van der Waals surface area (Å²) in [4.78, 5) is -1.32. The van der Waals surface area contributed by atoms with E-state index in [0.717, 1.165) is 22.6 Å². The summed E-state index contributed by atoms with van der Waals surface area (Å²) < 4.78 is 111.